The van der Waals surface area contributed by atoms with Crippen molar-refractivity contribution in [3.63, 3.8) is 0 Å². The van der Waals surface area contributed by atoms with Gasteiger partial charge in [0.15, 0.2) is 6.10 Å². The Hall–Kier alpha value is -3.83. The Bertz CT molecular complexity index is 1470. The number of hydrogen-bond donors (Lipinski definition) is 0. The zero-order chi connectivity index (χ0) is 25.6. The van der Waals surface area contributed by atoms with Gasteiger partial charge in [0, 0.05) is 34.0 Å². The average Bonchev–Trinajstić information content (AvgIpc) is 3.29. The Morgan fingerprint density at radius 2 is 1.54 bits per heavy atom. The molecular formula is C32H28BrNO3. The predicted molar refractivity (Wildman–Crippen MR) is 152 cm³/mol. The minimum atomic E-state index is -0.703. The topological polar surface area (TPSA) is 40.5 Å². The fourth-order valence-corrected chi connectivity index (χ4v) is 4.76. The third-order valence-corrected chi connectivity index (χ3v) is 6.84. The molecule has 0 N–H and O–H groups in total. The van der Waals surface area contributed by atoms with Crippen LogP contribution in [-0.4, -0.2) is 23.2 Å². The fourth-order valence-electron chi connectivity index (χ4n) is 4.50. The minimum absolute atomic E-state index is 0.317. The molecule has 0 saturated heterocycles. The molecule has 1 atom stereocenters. The maximum absolute atomic E-state index is 12.6. The molecule has 0 spiro atoms. The molecule has 1 heterocycles. The molecule has 5 rings (SSSR count). The Labute approximate surface area is 225 Å². The molecule has 0 fully saturated rings. The van der Waals surface area contributed by atoms with Crippen molar-refractivity contribution in [3.8, 4) is 17.0 Å². The van der Waals surface area contributed by atoms with Crippen LogP contribution in [0.25, 0.3) is 22.2 Å². The summed E-state index contributed by atoms with van der Waals surface area (Å²) in [6.07, 6.45) is -0.251. The number of halogens is 1. The first-order valence-electron chi connectivity index (χ1n) is 12.4. The van der Waals surface area contributed by atoms with Crippen molar-refractivity contribution in [2.45, 2.75) is 26.0 Å². The highest BCUT2D eigenvalue weighted by Gasteiger charge is 2.22. The lowest BCUT2D eigenvalue weighted by atomic mass is 10.1. The zero-order valence-corrected chi connectivity index (χ0v) is 22.2. The SMILES string of the molecule is CCOC(=O)[C@@H](Cc1ccccc1)Oc1ccc(Cn2c(-c3ccc(Br)cc3)cc3ccccc32)cc1. The van der Waals surface area contributed by atoms with E-state index in [1.807, 2.05) is 42.5 Å². The molecule has 0 aliphatic heterocycles. The van der Waals surface area contributed by atoms with Crippen LogP contribution in [0.5, 0.6) is 5.75 Å². The second-order valence-electron chi connectivity index (χ2n) is 8.87. The quantitative estimate of drug-likeness (QED) is 0.176. The van der Waals surface area contributed by atoms with Gasteiger partial charge in [-0.2, -0.15) is 0 Å². The lowest BCUT2D eigenvalue weighted by Crippen LogP contribution is -2.31. The number of carbonyl (C=O) groups is 1. The van der Waals surface area contributed by atoms with E-state index in [1.54, 1.807) is 6.92 Å². The molecular weight excluding hydrogens is 526 g/mol. The van der Waals surface area contributed by atoms with E-state index in [2.05, 4.69) is 87.2 Å². The van der Waals surface area contributed by atoms with E-state index in [0.29, 0.717) is 25.3 Å². The van der Waals surface area contributed by atoms with Crippen molar-refractivity contribution >= 4 is 32.8 Å². The Morgan fingerprint density at radius 3 is 2.27 bits per heavy atom. The normalized spacial score (nSPS) is 11.8. The molecule has 37 heavy (non-hydrogen) atoms. The summed E-state index contributed by atoms with van der Waals surface area (Å²) in [6.45, 7) is 2.84. The van der Waals surface area contributed by atoms with Gasteiger partial charge < -0.3 is 14.0 Å². The summed E-state index contributed by atoms with van der Waals surface area (Å²) in [5.41, 5.74) is 5.68. The van der Waals surface area contributed by atoms with Crippen molar-refractivity contribution in [1.82, 2.24) is 4.57 Å². The standard InChI is InChI=1S/C32H28BrNO3/c1-2-36-32(35)31(20-23-8-4-3-5-9-23)37-28-18-12-24(13-19-28)22-34-29-11-7-6-10-26(29)21-30(34)25-14-16-27(33)17-15-25/h3-19,21,31H,2,20,22H2,1H3/t31-/m1/s1. The van der Waals surface area contributed by atoms with Gasteiger partial charge in [0.25, 0.3) is 0 Å². The average molecular weight is 554 g/mol. The van der Waals surface area contributed by atoms with E-state index in [0.717, 1.165) is 21.2 Å². The molecule has 1 aromatic heterocycles. The molecule has 4 nitrogen and oxygen atoms in total. The van der Waals surface area contributed by atoms with Gasteiger partial charge in [0.2, 0.25) is 0 Å². The van der Waals surface area contributed by atoms with Gasteiger partial charge in [-0.3, -0.25) is 0 Å². The van der Waals surface area contributed by atoms with Gasteiger partial charge in [-0.25, -0.2) is 4.79 Å². The Morgan fingerprint density at radius 1 is 0.838 bits per heavy atom. The highest BCUT2D eigenvalue weighted by molar-refractivity contribution is 9.10. The van der Waals surface area contributed by atoms with Crippen LogP contribution in [0.4, 0.5) is 0 Å². The minimum Gasteiger partial charge on any atom is -0.478 e. The number of ether oxygens (including phenoxy) is 2. The first kappa shape index (κ1) is 24.8. The molecule has 0 aliphatic carbocycles. The van der Waals surface area contributed by atoms with E-state index < -0.39 is 6.10 Å². The number of hydrogen-bond acceptors (Lipinski definition) is 3. The summed E-state index contributed by atoms with van der Waals surface area (Å²) < 4.78 is 14.8. The van der Waals surface area contributed by atoms with E-state index in [-0.39, 0.29) is 5.97 Å². The molecule has 4 aromatic carbocycles. The molecule has 0 radical (unpaired) electrons. The van der Waals surface area contributed by atoms with Gasteiger partial charge in [-0.1, -0.05) is 88.7 Å². The highest BCUT2D eigenvalue weighted by Crippen LogP contribution is 2.30. The summed E-state index contributed by atoms with van der Waals surface area (Å²) in [4.78, 5) is 12.6. The van der Waals surface area contributed by atoms with Crippen molar-refractivity contribution in [2.75, 3.05) is 6.61 Å². The molecule has 0 unspecified atom stereocenters. The monoisotopic (exact) mass is 553 g/mol. The predicted octanol–water partition coefficient (Wildman–Crippen LogP) is 7.67. The number of fused-ring (bicyclic) bond motifs is 1. The van der Waals surface area contributed by atoms with E-state index in [9.17, 15) is 4.79 Å². The smallest absolute Gasteiger partial charge is 0.347 e. The number of benzene rings is 4. The first-order valence-corrected chi connectivity index (χ1v) is 13.2. The van der Waals surface area contributed by atoms with Crippen molar-refractivity contribution in [2.24, 2.45) is 0 Å². The van der Waals surface area contributed by atoms with Gasteiger partial charge in [0.1, 0.15) is 5.75 Å². The molecule has 5 heteroatoms. The third kappa shape index (κ3) is 5.95. The van der Waals surface area contributed by atoms with Crippen LogP contribution >= 0.6 is 15.9 Å². The van der Waals surface area contributed by atoms with Crippen molar-refractivity contribution < 1.29 is 14.3 Å². The van der Waals surface area contributed by atoms with Gasteiger partial charge in [-0.05, 0) is 60.0 Å². The number of rotatable bonds is 9. The van der Waals surface area contributed by atoms with E-state index >= 15 is 0 Å². The van der Waals surface area contributed by atoms with Crippen LogP contribution in [0, 0.1) is 0 Å². The van der Waals surface area contributed by atoms with Crippen LogP contribution < -0.4 is 4.74 Å². The van der Waals surface area contributed by atoms with Crippen LogP contribution in [0.15, 0.2) is 114 Å². The molecule has 0 aliphatic rings. The second kappa shape index (κ2) is 11.5. The molecule has 5 aromatic rings. The number of esters is 1. The van der Waals surface area contributed by atoms with Crippen LogP contribution in [0.2, 0.25) is 0 Å². The Kier molecular flexibility index (Phi) is 7.71. The summed E-state index contributed by atoms with van der Waals surface area (Å²) in [5, 5.41) is 1.21. The van der Waals surface area contributed by atoms with Gasteiger partial charge in [-0.15, -0.1) is 0 Å². The first-order chi connectivity index (χ1) is 18.1. The van der Waals surface area contributed by atoms with Gasteiger partial charge in [0.05, 0.1) is 6.61 Å². The summed E-state index contributed by atoms with van der Waals surface area (Å²) in [5.74, 6) is 0.289. The molecule has 0 amide bonds. The van der Waals surface area contributed by atoms with E-state index in [4.69, 9.17) is 9.47 Å². The van der Waals surface area contributed by atoms with Crippen LogP contribution in [-0.2, 0) is 22.5 Å². The summed E-state index contributed by atoms with van der Waals surface area (Å²) in [7, 11) is 0. The van der Waals surface area contributed by atoms with Gasteiger partial charge >= 0.3 is 5.97 Å². The second-order valence-corrected chi connectivity index (χ2v) is 9.79. The Balaban J connectivity index is 1.38. The van der Waals surface area contributed by atoms with Crippen LogP contribution in [0.3, 0.4) is 0 Å². The lowest BCUT2D eigenvalue weighted by molar-refractivity contribution is -0.151. The molecule has 186 valence electrons. The third-order valence-electron chi connectivity index (χ3n) is 6.31. The number of para-hydroxylation sites is 1. The fraction of sp³-hybridized carbons (Fsp3) is 0.156. The number of carbonyl (C=O) groups excluding carboxylic acids is 1. The highest BCUT2D eigenvalue weighted by atomic mass is 79.9. The van der Waals surface area contributed by atoms with Crippen LogP contribution in [0.1, 0.15) is 18.1 Å². The summed E-state index contributed by atoms with van der Waals surface area (Å²) >= 11 is 3.54. The maximum Gasteiger partial charge on any atom is 0.347 e. The number of nitrogens with zero attached hydrogens (tertiary/aromatic N) is 1. The maximum atomic E-state index is 12.6. The zero-order valence-electron chi connectivity index (χ0n) is 20.6. The van der Waals surface area contributed by atoms with Crippen molar-refractivity contribution in [3.05, 3.63) is 125 Å². The lowest BCUT2D eigenvalue weighted by Gasteiger charge is -2.18. The largest absolute Gasteiger partial charge is 0.478 e. The van der Waals surface area contributed by atoms with E-state index in [1.165, 1.54) is 16.6 Å². The summed E-state index contributed by atoms with van der Waals surface area (Å²) in [6, 6.07) is 36.9. The van der Waals surface area contributed by atoms with Crippen molar-refractivity contribution in [1.29, 1.82) is 0 Å². The number of aromatic nitrogens is 1. The molecule has 0 saturated carbocycles. The molecule has 0 bridgehead atoms.